The number of aromatic nitrogens is 2. The van der Waals surface area contributed by atoms with Crippen molar-refractivity contribution in [2.75, 3.05) is 39.5 Å². The van der Waals surface area contributed by atoms with E-state index in [1.807, 2.05) is 25.1 Å². The van der Waals surface area contributed by atoms with Crippen molar-refractivity contribution >= 4 is 31.8 Å². The number of rotatable bonds is 9. The summed E-state index contributed by atoms with van der Waals surface area (Å²) in [6, 6.07) is 13.1. The molecule has 1 aliphatic carbocycles. The van der Waals surface area contributed by atoms with Crippen LogP contribution in [-0.2, 0) is 19.5 Å². The first-order valence-corrected chi connectivity index (χ1v) is 14.5. The van der Waals surface area contributed by atoms with Crippen LogP contribution in [0, 0.1) is 6.92 Å². The quantitative estimate of drug-likeness (QED) is 0.241. The van der Waals surface area contributed by atoms with Crippen LogP contribution in [0.25, 0.3) is 33.1 Å². The van der Waals surface area contributed by atoms with Crippen molar-refractivity contribution in [1.82, 2.24) is 14.9 Å². The summed E-state index contributed by atoms with van der Waals surface area (Å²) in [4.78, 5) is 15.2. The second-order valence-corrected chi connectivity index (χ2v) is 12.3. The lowest BCUT2D eigenvalue weighted by Crippen LogP contribution is -2.43. The Kier molecular flexibility index (Phi) is 6.83. The molecule has 0 spiro atoms. The molecular weight excluding hydrogens is 506 g/mol. The van der Waals surface area contributed by atoms with Crippen LogP contribution in [0.2, 0.25) is 0 Å². The van der Waals surface area contributed by atoms with Crippen LogP contribution in [0.5, 0.6) is 5.75 Å². The van der Waals surface area contributed by atoms with Crippen LogP contribution in [0.1, 0.15) is 18.4 Å². The number of nitrogens with one attached hydrogen (secondary N) is 1. The molecule has 38 heavy (non-hydrogen) atoms. The topological polar surface area (TPSA) is 114 Å². The van der Waals surface area contributed by atoms with Gasteiger partial charge in [0.2, 0.25) is 0 Å². The van der Waals surface area contributed by atoms with Gasteiger partial charge in [0.05, 0.1) is 28.9 Å². The minimum absolute atomic E-state index is 0.152. The number of pyridine rings is 1. The number of hydrogen-bond donors (Lipinski definition) is 2. The Morgan fingerprint density at radius 1 is 1.18 bits per heavy atom. The Balaban J connectivity index is 1.38. The number of morpholine rings is 1. The standard InChI is InChI=1S/C28H31N3O6S/c1-18-13-24-26-23(19-3-2-4-22(14-19)38(33,34)21-5-6-21)7-8-25(27(26)30-28(24)29-15-18)36-17-20(37-32)16-31-9-11-35-12-10-31/h2-4,7-8,13-15,20-21,32H,5-6,9-12,16-17H2,1H3,(H,29,30)/t20-/m0/s1. The maximum atomic E-state index is 12.9. The predicted molar refractivity (Wildman–Crippen MR) is 144 cm³/mol. The van der Waals surface area contributed by atoms with E-state index in [-0.39, 0.29) is 11.9 Å². The average molecular weight is 538 g/mol. The second-order valence-electron chi connectivity index (χ2n) is 10.1. The van der Waals surface area contributed by atoms with Gasteiger partial charge in [0.15, 0.2) is 9.84 Å². The molecule has 0 radical (unpaired) electrons. The van der Waals surface area contributed by atoms with Crippen molar-refractivity contribution in [1.29, 1.82) is 0 Å². The van der Waals surface area contributed by atoms with E-state index in [0.29, 0.717) is 36.1 Å². The molecule has 4 aromatic rings. The Morgan fingerprint density at radius 2 is 2.00 bits per heavy atom. The Labute approximate surface area is 221 Å². The first-order chi connectivity index (χ1) is 18.4. The third-order valence-corrected chi connectivity index (χ3v) is 9.54. The van der Waals surface area contributed by atoms with E-state index < -0.39 is 15.9 Å². The van der Waals surface area contributed by atoms with Crippen LogP contribution in [0.4, 0.5) is 0 Å². The van der Waals surface area contributed by atoms with Crippen molar-refractivity contribution in [2.24, 2.45) is 0 Å². The van der Waals surface area contributed by atoms with Crippen LogP contribution in [-0.4, -0.2) is 79.4 Å². The lowest BCUT2D eigenvalue weighted by atomic mass is 9.99. The fourth-order valence-electron chi connectivity index (χ4n) is 5.11. The maximum Gasteiger partial charge on any atom is 0.181 e. The normalized spacial score (nSPS) is 17.7. The van der Waals surface area contributed by atoms with Crippen molar-refractivity contribution in [2.45, 2.75) is 36.0 Å². The number of H-pyrrole nitrogens is 1. The zero-order valence-corrected chi connectivity index (χ0v) is 22.0. The molecule has 1 saturated carbocycles. The van der Waals surface area contributed by atoms with E-state index >= 15 is 0 Å². The molecule has 6 rings (SSSR count). The molecule has 9 nitrogen and oxygen atoms in total. The summed E-state index contributed by atoms with van der Waals surface area (Å²) < 4.78 is 37.5. The zero-order valence-electron chi connectivity index (χ0n) is 21.2. The molecule has 1 aliphatic heterocycles. The monoisotopic (exact) mass is 537 g/mol. The molecule has 3 heterocycles. The van der Waals surface area contributed by atoms with E-state index in [9.17, 15) is 13.7 Å². The Morgan fingerprint density at radius 3 is 2.76 bits per heavy atom. The molecule has 2 aliphatic rings. The molecule has 2 fully saturated rings. The second kappa shape index (κ2) is 10.3. The van der Waals surface area contributed by atoms with Gasteiger partial charge in [-0.2, -0.15) is 0 Å². The summed E-state index contributed by atoms with van der Waals surface area (Å²) in [6.07, 6.45) is 2.72. The molecule has 1 atom stereocenters. The Bertz CT molecular complexity index is 1570. The van der Waals surface area contributed by atoms with Crippen molar-refractivity contribution in [3.63, 3.8) is 0 Å². The Hall–Kier alpha value is -3.02. The lowest BCUT2D eigenvalue weighted by Gasteiger charge is -2.29. The van der Waals surface area contributed by atoms with Gasteiger partial charge in [-0.15, -0.1) is 0 Å². The highest BCUT2D eigenvalue weighted by molar-refractivity contribution is 7.92. The highest BCUT2D eigenvalue weighted by atomic mass is 32.2. The number of nitrogens with zero attached hydrogens (tertiary/aromatic N) is 2. The highest BCUT2D eigenvalue weighted by Gasteiger charge is 2.37. The van der Waals surface area contributed by atoms with Gasteiger partial charge in [0, 0.05) is 36.6 Å². The summed E-state index contributed by atoms with van der Waals surface area (Å²) in [5.74, 6) is 0.602. The number of aromatic amines is 1. The smallest absolute Gasteiger partial charge is 0.181 e. The minimum Gasteiger partial charge on any atom is -0.488 e. The molecule has 0 bridgehead atoms. The average Bonchev–Trinajstić information content (AvgIpc) is 3.74. The van der Waals surface area contributed by atoms with E-state index in [4.69, 9.17) is 14.4 Å². The van der Waals surface area contributed by atoms with Gasteiger partial charge >= 0.3 is 0 Å². The number of fused-ring (bicyclic) bond motifs is 3. The largest absolute Gasteiger partial charge is 0.488 e. The fourth-order valence-corrected chi connectivity index (χ4v) is 6.81. The molecule has 2 aromatic carbocycles. The van der Waals surface area contributed by atoms with Crippen molar-refractivity contribution in [3.8, 4) is 16.9 Å². The summed E-state index contributed by atoms with van der Waals surface area (Å²) in [7, 11) is -3.32. The minimum atomic E-state index is -3.32. The van der Waals surface area contributed by atoms with E-state index in [1.54, 1.807) is 24.4 Å². The summed E-state index contributed by atoms with van der Waals surface area (Å²) in [6.45, 7) is 5.54. The molecule has 2 N–H and O–H groups in total. The van der Waals surface area contributed by atoms with Gasteiger partial charge in [-0.3, -0.25) is 10.2 Å². The van der Waals surface area contributed by atoms with E-state index in [2.05, 4.69) is 20.9 Å². The van der Waals surface area contributed by atoms with Crippen LogP contribution in [0.15, 0.2) is 53.6 Å². The predicted octanol–water partition coefficient (Wildman–Crippen LogP) is 4.20. The first kappa shape index (κ1) is 25.3. The van der Waals surface area contributed by atoms with Gasteiger partial charge < -0.3 is 14.5 Å². The first-order valence-electron chi connectivity index (χ1n) is 12.9. The summed E-state index contributed by atoms with van der Waals surface area (Å²) in [5, 5.41) is 11.1. The highest BCUT2D eigenvalue weighted by Crippen LogP contribution is 2.40. The molecule has 200 valence electrons. The van der Waals surface area contributed by atoms with Crippen molar-refractivity contribution < 1.29 is 28.0 Å². The molecule has 10 heteroatoms. The molecule has 0 amide bonds. The number of ether oxygens (including phenoxy) is 2. The van der Waals surface area contributed by atoms with Gasteiger partial charge in [-0.25, -0.2) is 18.3 Å². The maximum absolute atomic E-state index is 12.9. The summed E-state index contributed by atoms with van der Waals surface area (Å²) >= 11 is 0. The number of sulfone groups is 1. The van der Waals surface area contributed by atoms with E-state index in [1.165, 1.54) is 0 Å². The zero-order chi connectivity index (χ0) is 26.3. The van der Waals surface area contributed by atoms with E-state index in [0.717, 1.165) is 58.9 Å². The third kappa shape index (κ3) is 4.90. The number of hydrogen-bond acceptors (Lipinski definition) is 8. The van der Waals surface area contributed by atoms with Gasteiger partial charge in [-0.1, -0.05) is 12.1 Å². The van der Waals surface area contributed by atoms with Gasteiger partial charge in [0.1, 0.15) is 24.1 Å². The van der Waals surface area contributed by atoms with Crippen LogP contribution in [0.3, 0.4) is 0 Å². The van der Waals surface area contributed by atoms with Crippen molar-refractivity contribution in [3.05, 3.63) is 54.2 Å². The molecule has 1 saturated heterocycles. The van der Waals surface area contributed by atoms with Gasteiger partial charge in [-0.05, 0) is 66.8 Å². The van der Waals surface area contributed by atoms with Crippen LogP contribution < -0.4 is 4.74 Å². The molecule has 0 unspecified atom stereocenters. The molecule has 2 aromatic heterocycles. The van der Waals surface area contributed by atoms with Gasteiger partial charge in [0.25, 0.3) is 0 Å². The third-order valence-electron chi connectivity index (χ3n) is 7.28. The number of benzene rings is 2. The van der Waals surface area contributed by atoms with Crippen LogP contribution >= 0.6 is 0 Å². The SMILES string of the molecule is Cc1cnc2[nH]c3c(OC[C@H](CN4CCOCC4)OO)ccc(-c4cccc(S(=O)(=O)C5CC5)c4)c3c2c1. The molecular formula is C28H31N3O6S. The lowest BCUT2D eigenvalue weighted by molar-refractivity contribution is -0.286. The number of aryl methyl sites for hydroxylation is 1. The summed E-state index contributed by atoms with van der Waals surface area (Å²) in [5.41, 5.74) is 4.19. The fraction of sp³-hybridized carbons (Fsp3) is 0.393.